The summed E-state index contributed by atoms with van der Waals surface area (Å²) in [6.07, 6.45) is -5.45. The van der Waals surface area contributed by atoms with E-state index in [2.05, 4.69) is 21.7 Å². The third kappa shape index (κ3) is 7.96. The number of ether oxygens (including phenoxy) is 1. The van der Waals surface area contributed by atoms with E-state index >= 15 is 0 Å². The van der Waals surface area contributed by atoms with Crippen LogP contribution in [0.2, 0.25) is 0 Å². The number of amides is 1. The Morgan fingerprint density at radius 2 is 1.74 bits per heavy atom. The van der Waals surface area contributed by atoms with Gasteiger partial charge in [0.15, 0.2) is 6.29 Å². The first-order chi connectivity index (χ1) is 20.3. The minimum Gasteiger partial charge on any atom is -0.496 e. The van der Waals surface area contributed by atoms with E-state index in [9.17, 15) is 27.2 Å². The minimum absolute atomic E-state index is 0.0435. The smallest absolute Gasteiger partial charge is 0.389 e. The number of nitrogens with one attached hydrogen (secondary N) is 2. The molecule has 4 aromatic rings. The molecule has 1 amide bonds. The van der Waals surface area contributed by atoms with E-state index in [4.69, 9.17) is 14.4 Å². The van der Waals surface area contributed by atoms with Gasteiger partial charge in [-0.25, -0.2) is 9.37 Å². The van der Waals surface area contributed by atoms with Gasteiger partial charge in [0.25, 0.3) is 5.91 Å². The number of aryl methyl sites for hydroxylation is 1. The number of nitrogens with zero attached hydrogens (tertiary/aromatic N) is 2. The molecule has 2 N–H and O–H groups in total. The fraction of sp³-hybridized carbons (Fsp3) is 0.290. The van der Waals surface area contributed by atoms with Crippen molar-refractivity contribution in [2.75, 3.05) is 21.2 Å². The standard InChI is InChI=1S/C26H20F4N2O4.C5H10N2/c1-31-24(34)22-19-12-18(15-5-8-21(35-2)16(11-15)13-33)20(9-10-26(28,29)30)32-25(19)36-23(22)14-3-6-17(27)7-4-14;1-5(2,4-6)7-3/h3-8,11-13H,9-10H2,1-2H3,(H,31,34);7H,1-3H3. The number of methoxy groups -OCH3 is 1. The molecule has 0 fully saturated rings. The summed E-state index contributed by atoms with van der Waals surface area (Å²) >= 11 is 0. The molecule has 0 aliphatic heterocycles. The van der Waals surface area contributed by atoms with Gasteiger partial charge in [-0.2, -0.15) is 18.4 Å². The van der Waals surface area contributed by atoms with E-state index in [1.54, 1.807) is 13.1 Å². The third-order valence-electron chi connectivity index (χ3n) is 6.54. The van der Waals surface area contributed by atoms with Crippen molar-refractivity contribution in [2.24, 2.45) is 0 Å². The Labute approximate surface area is 245 Å². The molecule has 2 aromatic carbocycles. The first-order valence-corrected chi connectivity index (χ1v) is 13.0. The number of carbonyl (C=O) groups excluding carboxylic acids is 2. The predicted molar refractivity (Wildman–Crippen MR) is 153 cm³/mol. The fourth-order valence-electron chi connectivity index (χ4n) is 3.96. The number of hydrogen-bond donors (Lipinski definition) is 2. The third-order valence-corrected chi connectivity index (χ3v) is 6.54. The van der Waals surface area contributed by atoms with Gasteiger partial charge in [0, 0.05) is 24.6 Å². The number of rotatable bonds is 8. The average molecular weight is 599 g/mol. The van der Waals surface area contributed by atoms with Crippen molar-refractivity contribution in [3.05, 3.63) is 71.2 Å². The monoisotopic (exact) mass is 598 g/mol. The first kappa shape index (κ1) is 32.8. The van der Waals surface area contributed by atoms with E-state index in [1.807, 2.05) is 13.8 Å². The maximum absolute atomic E-state index is 13.5. The molecule has 43 heavy (non-hydrogen) atoms. The average Bonchev–Trinajstić information content (AvgIpc) is 3.37. The molecule has 2 aromatic heterocycles. The number of alkyl halides is 3. The van der Waals surface area contributed by atoms with Crippen molar-refractivity contribution in [2.45, 2.75) is 38.4 Å². The summed E-state index contributed by atoms with van der Waals surface area (Å²) in [5.41, 5.74) is 1.06. The fourth-order valence-corrected chi connectivity index (χ4v) is 3.96. The van der Waals surface area contributed by atoms with Gasteiger partial charge in [0.05, 0.1) is 35.4 Å². The number of nitriles is 1. The Kier molecular flexibility index (Phi) is 10.3. The molecule has 2 heterocycles. The molecule has 0 aliphatic carbocycles. The lowest BCUT2D eigenvalue weighted by atomic mass is 9.96. The highest BCUT2D eigenvalue weighted by atomic mass is 19.4. The lowest BCUT2D eigenvalue weighted by molar-refractivity contribution is -0.134. The number of halogens is 4. The van der Waals surface area contributed by atoms with Crippen LogP contribution >= 0.6 is 0 Å². The van der Waals surface area contributed by atoms with Gasteiger partial charge in [-0.3, -0.25) is 9.59 Å². The molecule has 12 heteroatoms. The van der Waals surface area contributed by atoms with Crippen LogP contribution in [-0.2, 0) is 6.42 Å². The van der Waals surface area contributed by atoms with Gasteiger partial charge < -0.3 is 19.8 Å². The summed E-state index contributed by atoms with van der Waals surface area (Å²) in [6.45, 7) is 3.65. The Morgan fingerprint density at radius 3 is 2.26 bits per heavy atom. The summed E-state index contributed by atoms with van der Waals surface area (Å²) in [5.74, 6) is -0.615. The first-order valence-electron chi connectivity index (χ1n) is 13.0. The van der Waals surface area contributed by atoms with Crippen LogP contribution in [0.15, 0.2) is 52.9 Å². The lowest BCUT2D eigenvalue weighted by Gasteiger charge is -2.13. The molecule has 226 valence electrons. The molecular formula is C31H30F4N4O4. The van der Waals surface area contributed by atoms with E-state index in [1.165, 1.54) is 56.6 Å². The Morgan fingerprint density at radius 1 is 1.09 bits per heavy atom. The van der Waals surface area contributed by atoms with Crippen LogP contribution in [0.5, 0.6) is 5.75 Å². The van der Waals surface area contributed by atoms with Crippen LogP contribution in [0.1, 0.15) is 46.7 Å². The van der Waals surface area contributed by atoms with Gasteiger partial charge in [-0.05, 0) is 75.3 Å². The van der Waals surface area contributed by atoms with E-state index < -0.39 is 30.7 Å². The van der Waals surface area contributed by atoms with E-state index in [0.717, 1.165) is 0 Å². The van der Waals surface area contributed by atoms with E-state index in [-0.39, 0.29) is 39.2 Å². The number of aromatic nitrogens is 1. The van der Waals surface area contributed by atoms with Crippen molar-refractivity contribution in [3.63, 3.8) is 0 Å². The molecule has 0 radical (unpaired) electrons. The van der Waals surface area contributed by atoms with Gasteiger partial charge in [0.2, 0.25) is 5.71 Å². The normalized spacial score (nSPS) is 11.3. The molecule has 0 atom stereocenters. The second kappa shape index (κ2) is 13.5. The highest BCUT2D eigenvalue weighted by molar-refractivity contribution is 6.11. The van der Waals surface area contributed by atoms with Crippen LogP contribution in [0, 0.1) is 17.1 Å². The Hall–Kier alpha value is -4.76. The number of benzene rings is 2. The second-order valence-corrected chi connectivity index (χ2v) is 9.90. The molecule has 0 aliphatic rings. The number of fused-ring (bicyclic) bond motifs is 1. The van der Waals surface area contributed by atoms with Gasteiger partial charge in [-0.1, -0.05) is 6.07 Å². The van der Waals surface area contributed by atoms with Gasteiger partial charge >= 0.3 is 6.18 Å². The minimum atomic E-state index is -4.43. The van der Waals surface area contributed by atoms with Crippen molar-refractivity contribution in [3.8, 4) is 34.3 Å². The molecular weight excluding hydrogens is 568 g/mol. The zero-order valence-corrected chi connectivity index (χ0v) is 24.1. The zero-order chi connectivity index (χ0) is 31.9. The predicted octanol–water partition coefficient (Wildman–Crippen LogP) is 6.48. The zero-order valence-electron chi connectivity index (χ0n) is 24.1. The topological polar surface area (TPSA) is 117 Å². The molecule has 4 rings (SSSR count). The van der Waals surface area contributed by atoms with Crippen LogP contribution in [0.3, 0.4) is 0 Å². The quantitative estimate of drug-likeness (QED) is 0.176. The summed E-state index contributed by atoms with van der Waals surface area (Å²) in [7, 11) is 4.58. The Bertz CT molecular complexity index is 1660. The molecule has 0 saturated carbocycles. The molecule has 0 bridgehead atoms. The van der Waals surface area contributed by atoms with Crippen LogP contribution in [0.4, 0.5) is 17.6 Å². The Balaban J connectivity index is 0.000000646. The summed E-state index contributed by atoms with van der Waals surface area (Å²) in [5, 5.41) is 13.9. The maximum Gasteiger partial charge on any atom is 0.389 e. The van der Waals surface area contributed by atoms with Crippen molar-refractivity contribution < 1.29 is 36.3 Å². The van der Waals surface area contributed by atoms with Gasteiger partial charge in [0.1, 0.15) is 22.9 Å². The van der Waals surface area contributed by atoms with Crippen molar-refractivity contribution in [1.29, 1.82) is 5.26 Å². The van der Waals surface area contributed by atoms with E-state index in [0.29, 0.717) is 28.7 Å². The molecule has 8 nitrogen and oxygen atoms in total. The molecule has 0 spiro atoms. The molecule has 0 saturated heterocycles. The van der Waals surface area contributed by atoms with Gasteiger partial charge in [-0.15, -0.1) is 0 Å². The summed E-state index contributed by atoms with van der Waals surface area (Å²) < 4.78 is 63.7. The molecule has 0 unspecified atom stereocenters. The highest BCUT2D eigenvalue weighted by Crippen LogP contribution is 2.38. The number of carbonyl (C=O) groups is 2. The summed E-state index contributed by atoms with van der Waals surface area (Å²) in [6, 6.07) is 13.4. The van der Waals surface area contributed by atoms with Crippen LogP contribution in [0.25, 0.3) is 33.6 Å². The maximum atomic E-state index is 13.5. The highest BCUT2D eigenvalue weighted by Gasteiger charge is 2.29. The van der Waals surface area contributed by atoms with Crippen LogP contribution in [-0.4, -0.2) is 50.1 Å². The SMILES string of the molecule is CNC(=O)c1c(-c2ccc(F)cc2)oc2nc(CCC(F)(F)F)c(-c3ccc(OC)c(C=O)c3)cc12.CNC(C)(C)C#N. The second-order valence-electron chi connectivity index (χ2n) is 9.90. The number of hydrogen-bond acceptors (Lipinski definition) is 7. The number of aldehydes is 1. The van der Waals surface area contributed by atoms with Crippen LogP contribution < -0.4 is 15.4 Å². The largest absolute Gasteiger partial charge is 0.496 e. The number of pyridine rings is 1. The summed E-state index contributed by atoms with van der Waals surface area (Å²) in [4.78, 5) is 28.7. The van der Waals surface area contributed by atoms with Crippen molar-refractivity contribution >= 4 is 23.3 Å². The lowest BCUT2D eigenvalue weighted by Crippen LogP contribution is -2.33. The van der Waals surface area contributed by atoms with Crippen molar-refractivity contribution in [1.82, 2.24) is 15.6 Å². The number of furan rings is 1.